The lowest BCUT2D eigenvalue weighted by atomic mass is 10.2. The number of benzene rings is 1. The molecule has 0 aliphatic rings. The molecule has 6 heteroatoms. The van der Waals surface area contributed by atoms with Crippen LogP contribution in [0.4, 0.5) is 15.8 Å². The van der Waals surface area contributed by atoms with Crippen molar-refractivity contribution in [3.8, 4) is 0 Å². The molecule has 0 bridgehead atoms. The molecule has 94 valence electrons. The summed E-state index contributed by atoms with van der Waals surface area (Å²) in [6.45, 7) is 3.10. The van der Waals surface area contributed by atoms with E-state index in [4.69, 9.17) is 4.74 Å². The number of nitrogens with one attached hydrogen (secondary N) is 1. The lowest BCUT2D eigenvalue weighted by molar-refractivity contribution is -0.385. The lowest BCUT2D eigenvalue weighted by Crippen LogP contribution is -2.15. The maximum absolute atomic E-state index is 13.1. The Balaban J connectivity index is 2.68. The molecule has 17 heavy (non-hydrogen) atoms. The number of anilines is 1. The first kappa shape index (κ1) is 13.4. The van der Waals surface area contributed by atoms with Gasteiger partial charge in [-0.05, 0) is 12.0 Å². The highest BCUT2D eigenvalue weighted by atomic mass is 19.1. The molecule has 1 aromatic rings. The van der Waals surface area contributed by atoms with E-state index in [1.807, 2.05) is 6.92 Å². The molecule has 0 saturated carbocycles. The van der Waals surface area contributed by atoms with Crippen LogP contribution in [0.25, 0.3) is 0 Å². The van der Waals surface area contributed by atoms with Crippen LogP contribution in [0.15, 0.2) is 18.2 Å². The predicted octanol–water partition coefficient (Wildman–Crippen LogP) is 2.43. The van der Waals surface area contributed by atoms with Crippen molar-refractivity contribution in [2.75, 3.05) is 25.6 Å². The Morgan fingerprint density at radius 2 is 2.24 bits per heavy atom. The van der Waals surface area contributed by atoms with Gasteiger partial charge in [0.05, 0.1) is 17.6 Å². The molecule has 0 amide bonds. The number of hydrogen-bond acceptors (Lipinski definition) is 4. The second-order valence-electron chi connectivity index (χ2n) is 3.90. The summed E-state index contributed by atoms with van der Waals surface area (Å²) >= 11 is 0. The minimum absolute atomic E-state index is 0.238. The van der Waals surface area contributed by atoms with E-state index in [9.17, 15) is 14.5 Å². The fourth-order valence-corrected chi connectivity index (χ4v) is 1.42. The van der Waals surface area contributed by atoms with Gasteiger partial charge in [0.2, 0.25) is 0 Å². The lowest BCUT2D eigenvalue weighted by Gasteiger charge is -2.12. The molecular weight excluding hydrogens is 227 g/mol. The number of halogens is 1. The summed E-state index contributed by atoms with van der Waals surface area (Å²) in [5, 5.41) is 13.5. The molecule has 5 nitrogen and oxygen atoms in total. The van der Waals surface area contributed by atoms with Crippen LogP contribution < -0.4 is 5.32 Å². The molecule has 1 atom stereocenters. The average molecular weight is 242 g/mol. The SMILES string of the molecule is COCC(C)CNc1cc(F)cc([N+](=O)[O-])c1. The summed E-state index contributed by atoms with van der Waals surface area (Å²) in [4.78, 5) is 9.92. The van der Waals surface area contributed by atoms with Crippen LogP contribution in [-0.4, -0.2) is 25.2 Å². The van der Waals surface area contributed by atoms with Crippen LogP contribution in [0, 0.1) is 21.8 Å². The first-order valence-corrected chi connectivity index (χ1v) is 5.20. The van der Waals surface area contributed by atoms with Crippen molar-refractivity contribution in [1.29, 1.82) is 0 Å². The van der Waals surface area contributed by atoms with Crippen molar-refractivity contribution >= 4 is 11.4 Å². The second kappa shape index (κ2) is 6.15. The van der Waals surface area contributed by atoms with Crippen LogP contribution in [0.5, 0.6) is 0 Å². The monoisotopic (exact) mass is 242 g/mol. The van der Waals surface area contributed by atoms with Crippen molar-refractivity contribution in [3.05, 3.63) is 34.1 Å². The molecule has 0 aromatic heterocycles. The highest BCUT2D eigenvalue weighted by Gasteiger charge is 2.10. The van der Waals surface area contributed by atoms with E-state index in [0.29, 0.717) is 18.8 Å². The molecule has 0 heterocycles. The number of methoxy groups -OCH3 is 1. The van der Waals surface area contributed by atoms with E-state index in [2.05, 4.69) is 5.32 Å². The third-order valence-electron chi connectivity index (χ3n) is 2.20. The predicted molar refractivity (Wildman–Crippen MR) is 62.6 cm³/mol. The standard InChI is InChI=1S/C11H15FN2O3/c1-8(7-17-2)6-13-10-3-9(12)4-11(5-10)14(15)16/h3-5,8,13H,6-7H2,1-2H3. The zero-order chi connectivity index (χ0) is 12.8. The van der Waals surface area contributed by atoms with E-state index < -0.39 is 10.7 Å². The Bertz CT molecular complexity index is 398. The summed E-state index contributed by atoms with van der Waals surface area (Å²) in [7, 11) is 1.60. The topological polar surface area (TPSA) is 64.4 Å². The zero-order valence-electron chi connectivity index (χ0n) is 9.77. The van der Waals surface area contributed by atoms with Gasteiger partial charge in [0.15, 0.2) is 0 Å². The summed E-state index contributed by atoms with van der Waals surface area (Å²) < 4.78 is 18.0. The van der Waals surface area contributed by atoms with Crippen LogP contribution in [0.3, 0.4) is 0 Å². The van der Waals surface area contributed by atoms with Gasteiger partial charge in [0.25, 0.3) is 5.69 Å². The Morgan fingerprint density at radius 1 is 1.53 bits per heavy atom. The number of nitrogens with zero attached hydrogens (tertiary/aromatic N) is 1. The number of non-ortho nitro benzene ring substituents is 1. The molecule has 0 radical (unpaired) electrons. The van der Waals surface area contributed by atoms with Crippen LogP contribution in [-0.2, 0) is 4.74 Å². The van der Waals surface area contributed by atoms with Crippen LogP contribution >= 0.6 is 0 Å². The fourth-order valence-electron chi connectivity index (χ4n) is 1.42. The van der Waals surface area contributed by atoms with Crippen molar-refractivity contribution < 1.29 is 14.1 Å². The highest BCUT2D eigenvalue weighted by Crippen LogP contribution is 2.20. The number of rotatable bonds is 6. The highest BCUT2D eigenvalue weighted by molar-refractivity contribution is 5.51. The minimum Gasteiger partial charge on any atom is -0.384 e. The van der Waals surface area contributed by atoms with Gasteiger partial charge in [-0.15, -0.1) is 0 Å². The van der Waals surface area contributed by atoms with Gasteiger partial charge in [0, 0.05) is 25.4 Å². The van der Waals surface area contributed by atoms with Crippen molar-refractivity contribution in [2.45, 2.75) is 6.92 Å². The van der Waals surface area contributed by atoms with Gasteiger partial charge in [-0.25, -0.2) is 4.39 Å². The van der Waals surface area contributed by atoms with E-state index in [1.165, 1.54) is 12.1 Å². The van der Waals surface area contributed by atoms with Gasteiger partial charge < -0.3 is 10.1 Å². The fraction of sp³-hybridized carbons (Fsp3) is 0.455. The minimum atomic E-state index is -0.624. The van der Waals surface area contributed by atoms with E-state index in [1.54, 1.807) is 7.11 Å². The molecule has 0 spiro atoms. The third kappa shape index (κ3) is 4.36. The second-order valence-corrected chi connectivity index (χ2v) is 3.90. The molecule has 0 aliphatic carbocycles. The molecule has 0 aliphatic heterocycles. The van der Waals surface area contributed by atoms with Crippen molar-refractivity contribution in [3.63, 3.8) is 0 Å². The quantitative estimate of drug-likeness (QED) is 0.614. The largest absolute Gasteiger partial charge is 0.384 e. The van der Waals surface area contributed by atoms with Crippen molar-refractivity contribution in [1.82, 2.24) is 0 Å². The zero-order valence-corrected chi connectivity index (χ0v) is 9.77. The molecule has 1 rings (SSSR count). The van der Waals surface area contributed by atoms with Gasteiger partial charge in [-0.1, -0.05) is 6.92 Å². The third-order valence-corrected chi connectivity index (χ3v) is 2.20. The first-order chi connectivity index (χ1) is 8.02. The van der Waals surface area contributed by atoms with Gasteiger partial charge in [0.1, 0.15) is 5.82 Å². The molecule has 0 fully saturated rings. The summed E-state index contributed by atoms with van der Waals surface area (Å²) in [6.07, 6.45) is 0. The maximum Gasteiger partial charge on any atom is 0.274 e. The smallest absolute Gasteiger partial charge is 0.274 e. The van der Waals surface area contributed by atoms with E-state index in [0.717, 1.165) is 6.07 Å². The van der Waals surface area contributed by atoms with Crippen molar-refractivity contribution in [2.24, 2.45) is 5.92 Å². The average Bonchev–Trinajstić information content (AvgIpc) is 2.26. The van der Waals surface area contributed by atoms with Crippen LogP contribution in [0.1, 0.15) is 6.92 Å². The van der Waals surface area contributed by atoms with E-state index in [-0.39, 0.29) is 11.6 Å². The summed E-state index contributed by atoms with van der Waals surface area (Å²) in [6, 6.07) is 3.43. The summed E-state index contributed by atoms with van der Waals surface area (Å²) in [5.41, 5.74) is 0.145. The maximum atomic E-state index is 13.1. The first-order valence-electron chi connectivity index (χ1n) is 5.20. The number of nitro groups is 1. The Labute approximate surface area is 98.7 Å². The normalized spacial score (nSPS) is 12.2. The Morgan fingerprint density at radius 3 is 2.82 bits per heavy atom. The number of nitro benzene ring substituents is 1. The Kier molecular flexibility index (Phi) is 4.84. The van der Waals surface area contributed by atoms with Gasteiger partial charge in [-0.2, -0.15) is 0 Å². The Hall–Kier alpha value is -1.69. The molecular formula is C11H15FN2O3. The van der Waals surface area contributed by atoms with Crippen LogP contribution in [0.2, 0.25) is 0 Å². The molecule has 0 saturated heterocycles. The van der Waals surface area contributed by atoms with E-state index >= 15 is 0 Å². The number of ether oxygens (including phenoxy) is 1. The van der Waals surface area contributed by atoms with Gasteiger partial charge >= 0.3 is 0 Å². The number of hydrogen-bond donors (Lipinski definition) is 1. The molecule has 1 unspecified atom stereocenters. The molecule has 1 aromatic carbocycles. The summed E-state index contributed by atoms with van der Waals surface area (Å²) in [5.74, 6) is -0.386. The van der Waals surface area contributed by atoms with Gasteiger partial charge in [-0.3, -0.25) is 10.1 Å². The molecule has 1 N–H and O–H groups in total.